The Bertz CT molecular complexity index is 982. The first kappa shape index (κ1) is 22.2. The minimum absolute atomic E-state index is 0.270. The molecule has 2 aromatic heterocycles. The maximum Gasteiger partial charge on any atom is 0.235 e. The van der Waals surface area contributed by atoms with Crippen molar-refractivity contribution in [1.82, 2.24) is 29.7 Å². The molecule has 4 rings (SSSR count). The zero-order valence-corrected chi connectivity index (χ0v) is 19.0. The Balaban J connectivity index is 1.27. The fourth-order valence-electron chi connectivity index (χ4n) is 4.11. The molecule has 4 heterocycles. The van der Waals surface area contributed by atoms with Gasteiger partial charge in [0.2, 0.25) is 12.7 Å². The predicted octanol–water partition coefficient (Wildman–Crippen LogP) is 3.44. The Kier molecular flexibility index (Phi) is 7.34. The van der Waals surface area contributed by atoms with Crippen molar-refractivity contribution >= 4 is 0 Å². The van der Waals surface area contributed by atoms with Gasteiger partial charge in [-0.15, -0.1) is 0 Å². The van der Waals surface area contributed by atoms with Crippen molar-refractivity contribution in [2.24, 2.45) is 0 Å². The molecule has 1 N–H and O–H groups in total. The van der Waals surface area contributed by atoms with E-state index in [0.717, 1.165) is 56.2 Å². The van der Waals surface area contributed by atoms with E-state index in [1.54, 1.807) is 12.5 Å². The Morgan fingerprint density at radius 1 is 1.34 bits per heavy atom. The molecule has 0 saturated carbocycles. The first-order chi connectivity index (χ1) is 15.6. The first-order valence-electron chi connectivity index (χ1n) is 11.2. The standard InChI is InChI=1S/C24H32N6O2/c1-18(6-4-8-23-20(3)31-17-32-23)15-25-9-12-29-11-5-7-22(29)21-14-19(2)27-24(28-21)30-13-10-26-16-30/h6,8,10,13-14,16,22,25H,3-5,7,9,11-12,15,17H2,1-2H3/b18-6+,23-8?. The molecule has 2 aliphatic heterocycles. The molecular formula is C24H32N6O2. The van der Waals surface area contributed by atoms with Crippen LogP contribution >= 0.6 is 0 Å². The average Bonchev–Trinajstić information content (AvgIpc) is 3.53. The Morgan fingerprint density at radius 2 is 2.25 bits per heavy atom. The van der Waals surface area contributed by atoms with Crippen molar-refractivity contribution in [3.8, 4) is 5.95 Å². The number of aromatic nitrogens is 4. The smallest absolute Gasteiger partial charge is 0.235 e. The minimum atomic E-state index is 0.270. The molecule has 170 valence electrons. The second-order valence-corrected chi connectivity index (χ2v) is 8.26. The molecule has 0 spiro atoms. The summed E-state index contributed by atoms with van der Waals surface area (Å²) in [7, 11) is 0. The lowest BCUT2D eigenvalue weighted by molar-refractivity contribution is 0.0978. The minimum Gasteiger partial charge on any atom is -0.454 e. The molecule has 32 heavy (non-hydrogen) atoms. The van der Waals surface area contributed by atoms with Crippen LogP contribution in [-0.2, 0) is 9.47 Å². The van der Waals surface area contributed by atoms with E-state index < -0.39 is 0 Å². The van der Waals surface area contributed by atoms with Gasteiger partial charge >= 0.3 is 0 Å². The summed E-state index contributed by atoms with van der Waals surface area (Å²) in [6.45, 7) is 12.2. The van der Waals surface area contributed by atoms with Crippen LogP contribution in [0.3, 0.4) is 0 Å². The molecule has 0 aliphatic carbocycles. The van der Waals surface area contributed by atoms with E-state index in [1.165, 1.54) is 12.0 Å². The highest BCUT2D eigenvalue weighted by Gasteiger charge is 2.27. The van der Waals surface area contributed by atoms with Crippen LogP contribution in [0.5, 0.6) is 0 Å². The highest BCUT2D eigenvalue weighted by Crippen LogP contribution is 2.30. The van der Waals surface area contributed by atoms with E-state index in [0.29, 0.717) is 17.7 Å². The van der Waals surface area contributed by atoms with Gasteiger partial charge < -0.3 is 14.8 Å². The molecular weight excluding hydrogens is 404 g/mol. The van der Waals surface area contributed by atoms with E-state index in [4.69, 9.17) is 14.5 Å². The first-order valence-corrected chi connectivity index (χ1v) is 11.2. The molecule has 0 radical (unpaired) electrons. The summed E-state index contributed by atoms with van der Waals surface area (Å²) in [4.78, 5) is 16.1. The summed E-state index contributed by atoms with van der Waals surface area (Å²) in [5.41, 5.74) is 3.39. The van der Waals surface area contributed by atoms with Crippen molar-refractivity contribution in [2.45, 2.75) is 39.2 Å². The lowest BCUT2D eigenvalue weighted by Gasteiger charge is -2.24. The summed E-state index contributed by atoms with van der Waals surface area (Å²) < 4.78 is 12.4. The Hall–Kier alpha value is -2.97. The molecule has 2 aliphatic rings. The number of aryl methyl sites for hydroxylation is 1. The molecule has 2 fully saturated rings. The summed E-state index contributed by atoms with van der Waals surface area (Å²) in [5.74, 6) is 2.06. The van der Waals surface area contributed by atoms with E-state index in [2.05, 4.69) is 45.8 Å². The number of nitrogens with zero attached hydrogens (tertiary/aromatic N) is 5. The molecule has 1 unspecified atom stereocenters. The van der Waals surface area contributed by atoms with Crippen LogP contribution in [0.25, 0.3) is 5.95 Å². The van der Waals surface area contributed by atoms with Crippen molar-refractivity contribution in [2.75, 3.05) is 33.0 Å². The van der Waals surface area contributed by atoms with Crippen LogP contribution in [0.2, 0.25) is 0 Å². The number of hydrogen-bond acceptors (Lipinski definition) is 7. The van der Waals surface area contributed by atoms with Gasteiger partial charge in [-0.1, -0.05) is 18.2 Å². The fraction of sp³-hybridized carbons (Fsp3) is 0.458. The van der Waals surface area contributed by atoms with Gasteiger partial charge in [0.25, 0.3) is 0 Å². The van der Waals surface area contributed by atoms with Crippen LogP contribution in [-0.4, -0.2) is 57.4 Å². The lowest BCUT2D eigenvalue weighted by atomic mass is 10.1. The van der Waals surface area contributed by atoms with E-state index >= 15 is 0 Å². The number of ether oxygens (including phenoxy) is 2. The van der Waals surface area contributed by atoms with E-state index in [9.17, 15) is 0 Å². The molecule has 8 nitrogen and oxygen atoms in total. The number of hydrogen-bond donors (Lipinski definition) is 1. The molecule has 0 amide bonds. The van der Waals surface area contributed by atoms with Gasteiger partial charge in [0.05, 0.1) is 11.7 Å². The Labute approximate surface area is 189 Å². The second kappa shape index (κ2) is 10.6. The molecule has 0 bridgehead atoms. The largest absolute Gasteiger partial charge is 0.454 e. The highest BCUT2D eigenvalue weighted by atomic mass is 16.7. The number of rotatable bonds is 9. The van der Waals surface area contributed by atoms with Crippen LogP contribution in [0, 0.1) is 6.92 Å². The third-order valence-corrected chi connectivity index (χ3v) is 5.77. The van der Waals surface area contributed by atoms with Gasteiger partial charge in [0, 0.05) is 37.7 Å². The summed E-state index contributed by atoms with van der Waals surface area (Å²) >= 11 is 0. The van der Waals surface area contributed by atoms with Crippen molar-refractivity contribution in [1.29, 1.82) is 0 Å². The van der Waals surface area contributed by atoms with Gasteiger partial charge in [0.15, 0.2) is 11.5 Å². The molecule has 2 saturated heterocycles. The zero-order valence-electron chi connectivity index (χ0n) is 19.0. The van der Waals surface area contributed by atoms with Gasteiger partial charge in [-0.3, -0.25) is 9.47 Å². The quantitative estimate of drug-likeness (QED) is 0.477. The predicted molar refractivity (Wildman–Crippen MR) is 123 cm³/mol. The van der Waals surface area contributed by atoms with Gasteiger partial charge in [-0.2, -0.15) is 0 Å². The lowest BCUT2D eigenvalue weighted by Crippen LogP contribution is -2.33. The van der Waals surface area contributed by atoms with E-state index in [-0.39, 0.29) is 6.79 Å². The summed E-state index contributed by atoms with van der Waals surface area (Å²) in [6, 6.07) is 2.46. The monoisotopic (exact) mass is 436 g/mol. The van der Waals surface area contributed by atoms with Gasteiger partial charge in [-0.25, -0.2) is 15.0 Å². The zero-order chi connectivity index (χ0) is 22.3. The molecule has 0 aromatic carbocycles. The van der Waals surface area contributed by atoms with Crippen LogP contribution in [0.4, 0.5) is 0 Å². The normalized spacial score (nSPS) is 20.7. The Morgan fingerprint density at radius 3 is 3.03 bits per heavy atom. The van der Waals surface area contributed by atoms with Crippen molar-refractivity contribution in [3.63, 3.8) is 0 Å². The van der Waals surface area contributed by atoms with Gasteiger partial charge in [0.1, 0.15) is 6.33 Å². The summed E-state index contributed by atoms with van der Waals surface area (Å²) in [5, 5.41) is 3.57. The van der Waals surface area contributed by atoms with Crippen molar-refractivity contribution < 1.29 is 9.47 Å². The van der Waals surface area contributed by atoms with Crippen LogP contribution < -0.4 is 5.32 Å². The molecule has 1 atom stereocenters. The van der Waals surface area contributed by atoms with Crippen LogP contribution in [0.15, 0.2) is 60.6 Å². The average molecular weight is 437 g/mol. The third kappa shape index (κ3) is 5.63. The maximum absolute atomic E-state index is 5.36. The van der Waals surface area contributed by atoms with E-state index in [1.807, 2.05) is 23.8 Å². The number of imidazole rings is 1. The molecule has 2 aromatic rings. The third-order valence-electron chi connectivity index (χ3n) is 5.77. The SMILES string of the molecule is C=C1OCOC1=CC/C=C(\C)CNCCN1CCCC1c1cc(C)nc(-n2ccnc2)n1. The fourth-order valence-corrected chi connectivity index (χ4v) is 4.11. The van der Waals surface area contributed by atoms with Crippen LogP contribution in [0.1, 0.15) is 43.6 Å². The number of likely N-dealkylation sites (tertiary alicyclic amines) is 1. The second-order valence-electron chi connectivity index (χ2n) is 8.26. The molecule has 8 heteroatoms. The highest BCUT2D eigenvalue weighted by molar-refractivity contribution is 5.22. The topological polar surface area (TPSA) is 77.3 Å². The van der Waals surface area contributed by atoms with Crippen molar-refractivity contribution in [3.05, 3.63) is 72.0 Å². The maximum atomic E-state index is 5.36. The summed E-state index contributed by atoms with van der Waals surface area (Å²) in [6.07, 6.45) is 12.7. The van der Waals surface area contributed by atoms with Gasteiger partial charge in [-0.05, 0) is 51.8 Å². The number of allylic oxidation sites excluding steroid dienone is 2. The number of nitrogens with one attached hydrogen (secondary N) is 1.